The van der Waals surface area contributed by atoms with Crippen molar-refractivity contribution in [2.24, 2.45) is 0 Å². The summed E-state index contributed by atoms with van der Waals surface area (Å²) in [7, 11) is 1.80. The molecule has 0 N–H and O–H groups in total. The molecule has 0 aliphatic rings. The molecule has 0 saturated carbocycles. The normalized spacial score (nSPS) is 9.25. The average molecular weight is 217 g/mol. The van der Waals surface area contributed by atoms with E-state index in [1.807, 2.05) is 6.07 Å². The molecule has 5 heteroatoms. The number of likely N-dealkylation sites (N-methyl/N-ethyl adjacent to an activating group) is 1. The quantitative estimate of drug-likeness (QED) is 0.440. The van der Waals surface area contributed by atoms with Crippen LogP contribution in [0.2, 0.25) is 0 Å². The van der Waals surface area contributed by atoms with Crippen molar-refractivity contribution in [1.82, 2.24) is 0 Å². The highest BCUT2D eigenvalue weighted by Gasteiger charge is 2.12. The molecule has 0 atom stereocenters. The first kappa shape index (κ1) is 11.7. The maximum absolute atomic E-state index is 10.5. The molecule has 5 nitrogen and oxygen atoms in total. The fourth-order valence-electron chi connectivity index (χ4n) is 1.35. The van der Waals surface area contributed by atoms with Gasteiger partial charge in [-0.25, -0.2) is 0 Å². The Labute approximate surface area is 93.4 Å². The average Bonchev–Trinajstić information content (AvgIpc) is 2.28. The lowest BCUT2D eigenvalue weighted by Gasteiger charge is -2.17. The summed E-state index contributed by atoms with van der Waals surface area (Å²) in [6, 6.07) is 6.18. The Morgan fingerprint density at radius 1 is 1.69 bits per heavy atom. The smallest absolute Gasteiger partial charge is 0.270 e. The van der Waals surface area contributed by atoms with Gasteiger partial charge in [0.2, 0.25) is 0 Å². The van der Waals surface area contributed by atoms with Gasteiger partial charge < -0.3 is 4.90 Å². The molecule has 82 valence electrons. The maximum atomic E-state index is 10.5. The molecule has 0 radical (unpaired) electrons. The summed E-state index contributed by atoms with van der Waals surface area (Å²) in [5.41, 5.74) is 0.874. The Hall–Kier alpha value is -2.35. The van der Waals surface area contributed by atoms with Gasteiger partial charge in [-0.05, 0) is 6.07 Å². The van der Waals surface area contributed by atoms with Crippen LogP contribution >= 0.6 is 0 Å². The SMILES string of the molecule is C=CCN(C)c1ccc([N+](=O)[O-])cc1C#N. The van der Waals surface area contributed by atoms with E-state index in [0.717, 1.165) is 0 Å². The largest absolute Gasteiger partial charge is 0.370 e. The topological polar surface area (TPSA) is 70.2 Å². The first-order valence-corrected chi connectivity index (χ1v) is 4.60. The summed E-state index contributed by atoms with van der Waals surface area (Å²) in [6.07, 6.45) is 1.70. The fraction of sp³-hybridized carbons (Fsp3) is 0.182. The van der Waals surface area contributed by atoms with Gasteiger partial charge in [-0.2, -0.15) is 5.26 Å². The third-order valence-corrected chi connectivity index (χ3v) is 2.13. The summed E-state index contributed by atoms with van der Waals surface area (Å²) in [6.45, 7) is 4.17. The second kappa shape index (κ2) is 4.94. The number of benzene rings is 1. The fourth-order valence-corrected chi connectivity index (χ4v) is 1.35. The predicted octanol–water partition coefficient (Wildman–Crippen LogP) is 2.09. The number of anilines is 1. The summed E-state index contributed by atoms with van der Waals surface area (Å²) >= 11 is 0. The maximum Gasteiger partial charge on any atom is 0.270 e. The van der Waals surface area contributed by atoms with Gasteiger partial charge in [0.25, 0.3) is 5.69 Å². The summed E-state index contributed by atoms with van der Waals surface area (Å²) < 4.78 is 0. The van der Waals surface area contributed by atoms with Gasteiger partial charge in [0.1, 0.15) is 6.07 Å². The first-order chi connectivity index (χ1) is 7.60. The molecular formula is C11H11N3O2. The Bertz CT molecular complexity index is 463. The zero-order valence-electron chi connectivity index (χ0n) is 8.88. The van der Waals surface area contributed by atoms with Gasteiger partial charge in [-0.1, -0.05) is 6.08 Å². The summed E-state index contributed by atoms with van der Waals surface area (Å²) in [5.74, 6) is 0. The second-order valence-corrected chi connectivity index (χ2v) is 3.24. The third-order valence-electron chi connectivity index (χ3n) is 2.13. The number of hydrogen-bond donors (Lipinski definition) is 0. The molecule has 0 spiro atoms. The van der Waals surface area contributed by atoms with E-state index in [2.05, 4.69) is 6.58 Å². The summed E-state index contributed by atoms with van der Waals surface area (Å²) in [5, 5.41) is 19.5. The molecule has 0 amide bonds. The van der Waals surface area contributed by atoms with Gasteiger partial charge in [0.05, 0.1) is 16.2 Å². The lowest BCUT2D eigenvalue weighted by atomic mass is 10.1. The van der Waals surface area contributed by atoms with Crippen molar-refractivity contribution in [2.45, 2.75) is 0 Å². The number of nitrogens with zero attached hydrogens (tertiary/aromatic N) is 3. The van der Waals surface area contributed by atoms with Gasteiger partial charge >= 0.3 is 0 Å². The highest BCUT2D eigenvalue weighted by molar-refractivity contribution is 5.62. The monoisotopic (exact) mass is 217 g/mol. The Morgan fingerprint density at radius 3 is 2.88 bits per heavy atom. The number of nitriles is 1. The molecule has 1 aromatic carbocycles. The minimum Gasteiger partial charge on any atom is -0.370 e. The zero-order chi connectivity index (χ0) is 12.1. The van der Waals surface area contributed by atoms with Gasteiger partial charge in [0.15, 0.2) is 0 Å². The Morgan fingerprint density at radius 2 is 2.38 bits per heavy atom. The van der Waals surface area contributed by atoms with Crippen molar-refractivity contribution in [2.75, 3.05) is 18.5 Å². The van der Waals surface area contributed by atoms with Crippen molar-refractivity contribution in [3.05, 3.63) is 46.5 Å². The van der Waals surface area contributed by atoms with Crippen LogP contribution in [-0.4, -0.2) is 18.5 Å². The van der Waals surface area contributed by atoms with Gasteiger partial charge in [-0.15, -0.1) is 6.58 Å². The predicted molar refractivity (Wildman–Crippen MR) is 61.3 cm³/mol. The second-order valence-electron chi connectivity index (χ2n) is 3.24. The van der Waals surface area contributed by atoms with Crippen molar-refractivity contribution in [3.8, 4) is 6.07 Å². The molecule has 1 rings (SSSR count). The van der Waals surface area contributed by atoms with Crippen LogP contribution in [-0.2, 0) is 0 Å². The molecule has 0 heterocycles. The number of non-ortho nitro benzene ring substituents is 1. The van der Waals surface area contributed by atoms with Crippen LogP contribution in [0.1, 0.15) is 5.56 Å². The van der Waals surface area contributed by atoms with E-state index in [1.165, 1.54) is 12.1 Å². The zero-order valence-corrected chi connectivity index (χ0v) is 8.88. The van der Waals surface area contributed by atoms with Crippen LogP contribution in [0.15, 0.2) is 30.9 Å². The molecule has 0 fully saturated rings. The van der Waals surface area contributed by atoms with E-state index in [4.69, 9.17) is 5.26 Å². The van der Waals surface area contributed by atoms with Crippen molar-refractivity contribution < 1.29 is 4.92 Å². The molecule has 1 aromatic rings. The molecule has 0 aliphatic heterocycles. The molecule has 0 aromatic heterocycles. The minimum absolute atomic E-state index is 0.0766. The lowest BCUT2D eigenvalue weighted by Crippen LogP contribution is -2.17. The number of nitro benzene ring substituents is 1. The summed E-state index contributed by atoms with van der Waals surface area (Å²) in [4.78, 5) is 11.8. The van der Waals surface area contributed by atoms with Crippen LogP contribution in [0.3, 0.4) is 0 Å². The van der Waals surface area contributed by atoms with E-state index in [-0.39, 0.29) is 5.69 Å². The standard InChI is InChI=1S/C11H11N3O2/c1-3-6-13(2)11-5-4-10(14(15)16)7-9(11)8-12/h3-5,7H,1,6H2,2H3. The van der Waals surface area contributed by atoms with E-state index < -0.39 is 4.92 Å². The van der Waals surface area contributed by atoms with Crippen molar-refractivity contribution in [1.29, 1.82) is 5.26 Å². The number of nitro groups is 1. The number of hydrogen-bond acceptors (Lipinski definition) is 4. The van der Waals surface area contributed by atoms with Crippen molar-refractivity contribution in [3.63, 3.8) is 0 Å². The van der Waals surface area contributed by atoms with Crippen molar-refractivity contribution >= 4 is 11.4 Å². The van der Waals surface area contributed by atoms with E-state index in [9.17, 15) is 10.1 Å². The van der Waals surface area contributed by atoms with E-state index in [0.29, 0.717) is 17.8 Å². The molecule has 0 unspecified atom stereocenters. The van der Waals surface area contributed by atoms with Crippen LogP contribution in [0, 0.1) is 21.4 Å². The van der Waals surface area contributed by atoms with Gasteiger partial charge in [0, 0.05) is 25.7 Å². The molecule has 0 saturated heterocycles. The highest BCUT2D eigenvalue weighted by atomic mass is 16.6. The minimum atomic E-state index is -0.516. The van der Waals surface area contributed by atoms with Gasteiger partial charge in [-0.3, -0.25) is 10.1 Å². The molecule has 0 aliphatic carbocycles. The first-order valence-electron chi connectivity index (χ1n) is 4.60. The third kappa shape index (κ3) is 2.36. The molecule has 16 heavy (non-hydrogen) atoms. The van der Waals surface area contributed by atoms with Crippen LogP contribution < -0.4 is 4.90 Å². The number of rotatable bonds is 4. The van der Waals surface area contributed by atoms with Crippen LogP contribution in [0.25, 0.3) is 0 Å². The van der Waals surface area contributed by atoms with Crippen LogP contribution in [0.5, 0.6) is 0 Å². The van der Waals surface area contributed by atoms with E-state index in [1.54, 1.807) is 24.1 Å². The Kier molecular flexibility index (Phi) is 3.62. The Balaban J connectivity index is 3.17. The molecular weight excluding hydrogens is 206 g/mol. The van der Waals surface area contributed by atoms with E-state index >= 15 is 0 Å². The van der Waals surface area contributed by atoms with Crippen LogP contribution in [0.4, 0.5) is 11.4 Å². The molecule has 0 bridgehead atoms. The highest BCUT2D eigenvalue weighted by Crippen LogP contribution is 2.23. The lowest BCUT2D eigenvalue weighted by molar-refractivity contribution is -0.384.